The molecule has 2 saturated heterocycles. The van der Waals surface area contributed by atoms with Gasteiger partial charge < -0.3 is 25.6 Å². The van der Waals surface area contributed by atoms with Gasteiger partial charge in [-0.25, -0.2) is 9.18 Å². The van der Waals surface area contributed by atoms with E-state index in [-0.39, 0.29) is 17.5 Å². The van der Waals surface area contributed by atoms with Gasteiger partial charge in [-0.2, -0.15) is 0 Å². The van der Waals surface area contributed by atoms with E-state index in [9.17, 15) is 18.8 Å². The van der Waals surface area contributed by atoms with Gasteiger partial charge in [-0.1, -0.05) is 11.6 Å². The quantitative estimate of drug-likeness (QED) is 0.706. The lowest BCUT2D eigenvalue weighted by molar-refractivity contribution is -0.142. The molecule has 1 aromatic rings. The molecule has 0 saturated carbocycles. The molecule has 3 N–H and O–H groups in total. The van der Waals surface area contributed by atoms with Gasteiger partial charge in [-0.05, 0) is 58.2 Å². The van der Waals surface area contributed by atoms with Gasteiger partial charge in [0.2, 0.25) is 11.8 Å². The van der Waals surface area contributed by atoms with Crippen molar-refractivity contribution in [2.75, 3.05) is 25.0 Å². The second-order valence-corrected chi connectivity index (χ2v) is 9.76. The van der Waals surface area contributed by atoms with E-state index >= 15 is 0 Å². The third-order valence-electron chi connectivity index (χ3n) is 5.68. The number of hydrogen-bond acceptors (Lipinski definition) is 5. The second-order valence-electron chi connectivity index (χ2n) is 9.32. The molecule has 1 unspecified atom stereocenters. The van der Waals surface area contributed by atoms with Crippen molar-refractivity contribution < 1.29 is 23.5 Å². The zero-order valence-electron chi connectivity index (χ0n) is 18.6. The Kier molecular flexibility index (Phi) is 7.17. The molecule has 0 aromatic heterocycles. The van der Waals surface area contributed by atoms with Crippen molar-refractivity contribution in [1.29, 1.82) is 0 Å². The number of benzene rings is 1. The fourth-order valence-electron chi connectivity index (χ4n) is 4.27. The number of anilines is 1. The zero-order chi connectivity index (χ0) is 23.6. The number of ether oxygens (including phenoxy) is 1. The van der Waals surface area contributed by atoms with Crippen LogP contribution in [0.25, 0.3) is 0 Å². The maximum atomic E-state index is 13.7. The summed E-state index contributed by atoms with van der Waals surface area (Å²) in [6, 6.07) is 2.85. The van der Waals surface area contributed by atoms with Gasteiger partial charge in [0.25, 0.3) is 0 Å². The predicted octanol–water partition coefficient (Wildman–Crippen LogP) is 2.99. The Labute approximate surface area is 192 Å². The lowest BCUT2D eigenvalue weighted by Crippen LogP contribution is -2.62. The first-order chi connectivity index (χ1) is 14.9. The molecule has 10 heteroatoms. The average molecular weight is 469 g/mol. The Morgan fingerprint density at radius 2 is 1.94 bits per heavy atom. The lowest BCUT2D eigenvalue weighted by Gasteiger charge is -2.45. The van der Waals surface area contributed by atoms with Crippen molar-refractivity contribution in [3.63, 3.8) is 0 Å². The van der Waals surface area contributed by atoms with Crippen LogP contribution in [0, 0.1) is 11.7 Å². The number of carbonyl (C=O) groups is 3. The van der Waals surface area contributed by atoms with Gasteiger partial charge in [0.1, 0.15) is 17.5 Å². The van der Waals surface area contributed by atoms with Crippen LogP contribution in [0.1, 0.15) is 40.0 Å². The summed E-state index contributed by atoms with van der Waals surface area (Å²) >= 11 is 5.92. The Bertz CT molecular complexity index is 871. The largest absolute Gasteiger partial charge is 0.444 e. The summed E-state index contributed by atoms with van der Waals surface area (Å²) in [6.45, 7) is 6.26. The standard InChI is InChI=1S/C22H30ClFN4O4/c1-22(2,3)32-21(31)27-8-6-16(19(25)29)18(12-27)28-7-4-5-17(20(28)30)26-15-10-13(23)9-14(24)11-15/h9-11,16-18,26H,4-8,12H2,1-3H3,(H2,25,29)/t16-,17?,18-/m0/s1. The Hall–Kier alpha value is -2.55. The second kappa shape index (κ2) is 9.52. The van der Waals surface area contributed by atoms with Gasteiger partial charge >= 0.3 is 6.09 Å². The Morgan fingerprint density at radius 3 is 2.56 bits per heavy atom. The SMILES string of the molecule is CC(C)(C)OC(=O)N1CC[C@H](C(N)=O)[C@@H](N2CCCC(Nc3cc(F)cc(Cl)c3)C2=O)C1. The minimum Gasteiger partial charge on any atom is -0.444 e. The number of hydrogen-bond donors (Lipinski definition) is 2. The van der Waals surface area contributed by atoms with Gasteiger partial charge in [-0.15, -0.1) is 0 Å². The van der Waals surface area contributed by atoms with Crippen molar-refractivity contribution in [1.82, 2.24) is 9.80 Å². The molecule has 3 amide bonds. The number of halogens is 2. The number of nitrogens with one attached hydrogen (secondary N) is 1. The van der Waals surface area contributed by atoms with E-state index in [2.05, 4.69) is 5.32 Å². The molecule has 0 bridgehead atoms. The molecule has 176 valence electrons. The zero-order valence-corrected chi connectivity index (χ0v) is 19.3. The number of nitrogens with zero attached hydrogens (tertiary/aromatic N) is 2. The molecule has 32 heavy (non-hydrogen) atoms. The third-order valence-corrected chi connectivity index (χ3v) is 5.89. The summed E-state index contributed by atoms with van der Waals surface area (Å²) in [5, 5.41) is 3.28. The van der Waals surface area contributed by atoms with E-state index in [4.69, 9.17) is 22.1 Å². The molecule has 2 heterocycles. The molecule has 2 aliphatic heterocycles. The van der Waals surface area contributed by atoms with E-state index in [1.54, 1.807) is 31.7 Å². The first-order valence-electron chi connectivity index (χ1n) is 10.7. The molecular weight excluding hydrogens is 439 g/mol. The third kappa shape index (κ3) is 5.82. The maximum absolute atomic E-state index is 13.7. The highest BCUT2D eigenvalue weighted by atomic mass is 35.5. The maximum Gasteiger partial charge on any atom is 0.410 e. The molecule has 2 fully saturated rings. The molecule has 1 aromatic carbocycles. The van der Waals surface area contributed by atoms with Crippen molar-refractivity contribution >= 4 is 35.2 Å². The molecule has 0 aliphatic carbocycles. The van der Waals surface area contributed by atoms with Crippen molar-refractivity contribution in [3.8, 4) is 0 Å². The van der Waals surface area contributed by atoms with Crippen LogP contribution in [-0.2, 0) is 14.3 Å². The highest BCUT2D eigenvalue weighted by Gasteiger charge is 2.43. The normalized spacial score (nSPS) is 24.3. The number of primary amides is 1. The summed E-state index contributed by atoms with van der Waals surface area (Å²) < 4.78 is 19.2. The number of carbonyl (C=O) groups excluding carboxylic acids is 3. The molecule has 8 nitrogen and oxygen atoms in total. The van der Waals surface area contributed by atoms with E-state index in [1.165, 1.54) is 17.0 Å². The number of rotatable bonds is 4. The number of piperidine rings is 2. The van der Waals surface area contributed by atoms with Gasteiger partial charge in [0, 0.05) is 30.3 Å². The lowest BCUT2D eigenvalue weighted by atomic mass is 9.88. The fourth-order valence-corrected chi connectivity index (χ4v) is 4.49. The van der Waals surface area contributed by atoms with E-state index in [0.29, 0.717) is 38.0 Å². The summed E-state index contributed by atoms with van der Waals surface area (Å²) in [5.74, 6) is -1.80. The van der Waals surface area contributed by atoms with Gasteiger partial charge in [0.15, 0.2) is 0 Å². The molecule has 2 aliphatic rings. The topological polar surface area (TPSA) is 105 Å². The highest BCUT2D eigenvalue weighted by Crippen LogP contribution is 2.29. The Morgan fingerprint density at radius 1 is 1.22 bits per heavy atom. The molecule has 3 rings (SSSR count). The van der Waals surface area contributed by atoms with Crippen LogP contribution in [0.3, 0.4) is 0 Å². The highest BCUT2D eigenvalue weighted by molar-refractivity contribution is 6.30. The van der Waals surface area contributed by atoms with Crippen LogP contribution < -0.4 is 11.1 Å². The smallest absolute Gasteiger partial charge is 0.410 e. The van der Waals surface area contributed by atoms with Crippen molar-refractivity contribution in [3.05, 3.63) is 29.0 Å². The number of nitrogens with two attached hydrogens (primary N) is 1. The van der Waals surface area contributed by atoms with E-state index < -0.39 is 41.4 Å². The minimum absolute atomic E-state index is 0.159. The first kappa shape index (κ1) is 24.1. The van der Waals surface area contributed by atoms with Gasteiger partial charge in [0.05, 0.1) is 12.0 Å². The van der Waals surface area contributed by atoms with Gasteiger partial charge in [-0.3, -0.25) is 9.59 Å². The summed E-state index contributed by atoms with van der Waals surface area (Å²) in [5.41, 5.74) is 5.39. The van der Waals surface area contributed by atoms with Crippen molar-refractivity contribution in [2.24, 2.45) is 11.7 Å². The van der Waals surface area contributed by atoms with Crippen LogP contribution in [-0.4, -0.2) is 65.0 Å². The molecule has 0 spiro atoms. The fraction of sp³-hybridized carbons (Fsp3) is 0.591. The summed E-state index contributed by atoms with van der Waals surface area (Å²) in [4.78, 5) is 41.2. The van der Waals surface area contributed by atoms with Crippen LogP contribution >= 0.6 is 11.6 Å². The van der Waals surface area contributed by atoms with Crippen LogP contribution in [0.15, 0.2) is 18.2 Å². The summed E-state index contributed by atoms with van der Waals surface area (Å²) in [7, 11) is 0. The van der Waals surface area contributed by atoms with Crippen LogP contribution in [0.2, 0.25) is 5.02 Å². The van der Waals surface area contributed by atoms with Crippen LogP contribution in [0.4, 0.5) is 14.9 Å². The number of likely N-dealkylation sites (tertiary alicyclic amines) is 2. The monoisotopic (exact) mass is 468 g/mol. The number of amides is 3. The van der Waals surface area contributed by atoms with E-state index in [1.807, 2.05) is 0 Å². The Balaban J connectivity index is 1.77. The van der Waals surface area contributed by atoms with Crippen LogP contribution in [0.5, 0.6) is 0 Å². The average Bonchev–Trinajstić information content (AvgIpc) is 2.67. The van der Waals surface area contributed by atoms with E-state index in [0.717, 1.165) is 0 Å². The minimum atomic E-state index is -0.657. The molecular formula is C22H30ClFN4O4. The first-order valence-corrected chi connectivity index (χ1v) is 11.1. The predicted molar refractivity (Wildman–Crippen MR) is 119 cm³/mol. The molecule has 0 radical (unpaired) electrons. The van der Waals surface area contributed by atoms with Crippen molar-refractivity contribution in [2.45, 2.75) is 57.7 Å². The molecule has 3 atom stereocenters. The summed E-state index contributed by atoms with van der Waals surface area (Å²) in [6.07, 6.45) is 1.09.